The van der Waals surface area contributed by atoms with Gasteiger partial charge in [0, 0.05) is 24.5 Å². The zero-order valence-electron chi connectivity index (χ0n) is 12.6. The van der Waals surface area contributed by atoms with Crippen molar-refractivity contribution in [2.75, 3.05) is 7.11 Å². The van der Waals surface area contributed by atoms with Gasteiger partial charge in [-0.15, -0.1) is 0 Å². The SMILES string of the molecule is COc1ccc(CN(C(=O)CC(C)(C)N)C2CC2)cc1. The highest BCUT2D eigenvalue weighted by molar-refractivity contribution is 5.78. The quantitative estimate of drug-likeness (QED) is 0.867. The lowest BCUT2D eigenvalue weighted by Crippen LogP contribution is -2.41. The van der Waals surface area contributed by atoms with Gasteiger partial charge in [-0.05, 0) is 44.4 Å². The molecule has 0 atom stereocenters. The zero-order valence-corrected chi connectivity index (χ0v) is 12.6. The Bertz CT molecular complexity index is 458. The first-order valence-electron chi connectivity index (χ1n) is 7.10. The molecule has 1 fully saturated rings. The predicted octanol–water partition coefficient (Wildman–Crippen LogP) is 2.31. The number of hydrogen-bond donors (Lipinski definition) is 1. The summed E-state index contributed by atoms with van der Waals surface area (Å²) in [6, 6.07) is 8.27. The summed E-state index contributed by atoms with van der Waals surface area (Å²) < 4.78 is 5.15. The average Bonchev–Trinajstić information content (AvgIpc) is 3.18. The fourth-order valence-corrected chi connectivity index (χ4v) is 2.23. The molecule has 110 valence electrons. The summed E-state index contributed by atoms with van der Waals surface area (Å²) in [5.74, 6) is 0.983. The van der Waals surface area contributed by atoms with Crippen LogP contribution in [0.1, 0.15) is 38.7 Å². The third kappa shape index (κ3) is 4.23. The summed E-state index contributed by atoms with van der Waals surface area (Å²) >= 11 is 0. The van der Waals surface area contributed by atoms with Crippen molar-refractivity contribution in [1.82, 2.24) is 4.90 Å². The van der Waals surface area contributed by atoms with Crippen LogP contribution in [0.15, 0.2) is 24.3 Å². The number of rotatable bonds is 6. The van der Waals surface area contributed by atoms with Gasteiger partial charge in [0.05, 0.1) is 7.11 Å². The first kappa shape index (κ1) is 14.9. The highest BCUT2D eigenvalue weighted by atomic mass is 16.5. The zero-order chi connectivity index (χ0) is 14.8. The van der Waals surface area contributed by atoms with Crippen LogP contribution in [0.3, 0.4) is 0 Å². The van der Waals surface area contributed by atoms with Crippen LogP contribution in [0.5, 0.6) is 5.75 Å². The van der Waals surface area contributed by atoms with E-state index in [2.05, 4.69) is 0 Å². The summed E-state index contributed by atoms with van der Waals surface area (Å²) in [4.78, 5) is 14.4. The van der Waals surface area contributed by atoms with E-state index in [1.807, 2.05) is 43.0 Å². The average molecular weight is 276 g/mol. The molecule has 0 aliphatic heterocycles. The molecular formula is C16H24N2O2. The second-order valence-corrected chi connectivity index (χ2v) is 6.27. The number of ether oxygens (including phenoxy) is 1. The maximum atomic E-state index is 12.4. The second-order valence-electron chi connectivity index (χ2n) is 6.27. The number of methoxy groups -OCH3 is 1. The highest BCUT2D eigenvalue weighted by Crippen LogP contribution is 2.30. The van der Waals surface area contributed by atoms with Crippen molar-refractivity contribution >= 4 is 5.91 Å². The smallest absolute Gasteiger partial charge is 0.224 e. The van der Waals surface area contributed by atoms with E-state index < -0.39 is 5.54 Å². The van der Waals surface area contributed by atoms with Crippen LogP contribution in [0.2, 0.25) is 0 Å². The number of benzene rings is 1. The molecule has 1 aromatic carbocycles. The molecular weight excluding hydrogens is 252 g/mol. The van der Waals surface area contributed by atoms with Crippen molar-refractivity contribution < 1.29 is 9.53 Å². The van der Waals surface area contributed by atoms with E-state index >= 15 is 0 Å². The van der Waals surface area contributed by atoms with Crippen molar-refractivity contribution in [3.05, 3.63) is 29.8 Å². The fourth-order valence-electron chi connectivity index (χ4n) is 2.23. The van der Waals surface area contributed by atoms with Crippen molar-refractivity contribution in [2.45, 2.75) is 51.2 Å². The normalized spacial score (nSPS) is 15.0. The van der Waals surface area contributed by atoms with Gasteiger partial charge in [-0.1, -0.05) is 12.1 Å². The molecule has 1 amide bonds. The summed E-state index contributed by atoms with van der Waals surface area (Å²) in [5.41, 5.74) is 6.63. The molecule has 1 aliphatic carbocycles. The van der Waals surface area contributed by atoms with Crippen LogP contribution in [0.25, 0.3) is 0 Å². The minimum absolute atomic E-state index is 0.149. The molecule has 1 aliphatic rings. The molecule has 4 nitrogen and oxygen atoms in total. The van der Waals surface area contributed by atoms with Gasteiger partial charge >= 0.3 is 0 Å². The van der Waals surface area contributed by atoms with Gasteiger partial charge in [0.15, 0.2) is 0 Å². The van der Waals surface area contributed by atoms with E-state index in [1.165, 1.54) is 0 Å². The predicted molar refractivity (Wildman–Crippen MR) is 79.4 cm³/mol. The van der Waals surface area contributed by atoms with E-state index in [9.17, 15) is 4.79 Å². The van der Waals surface area contributed by atoms with Gasteiger partial charge in [0.25, 0.3) is 0 Å². The Labute approximate surface area is 120 Å². The van der Waals surface area contributed by atoms with Crippen LogP contribution in [-0.2, 0) is 11.3 Å². The summed E-state index contributed by atoms with van der Waals surface area (Å²) in [6.45, 7) is 4.44. The lowest BCUT2D eigenvalue weighted by molar-refractivity contribution is -0.133. The van der Waals surface area contributed by atoms with E-state index in [-0.39, 0.29) is 5.91 Å². The minimum atomic E-state index is -0.454. The molecule has 2 rings (SSSR count). The molecule has 2 N–H and O–H groups in total. The van der Waals surface area contributed by atoms with Crippen molar-refractivity contribution in [3.63, 3.8) is 0 Å². The largest absolute Gasteiger partial charge is 0.497 e. The number of amides is 1. The van der Waals surface area contributed by atoms with Gasteiger partial charge in [-0.3, -0.25) is 4.79 Å². The Kier molecular flexibility index (Phi) is 4.33. The van der Waals surface area contributed by atoms with Gasteiger partial charge in [0.1, 0.15) is 5.75 Å². The number of nitrogens with two attached hydrogens (primary N) is 1. The third-order valence-corrected chi connectivity index (χ3v) is 3.43. The molecule has 0 spiro atoms. The monoisotopic (exact) mass is 276 g/mol. The van der Waals surface area contributed by atoms with Gasteiger partial charge in [-0.2, -0.15) is 0 Å². The Hall–Kier alpha value is -1.55. The maximum Gasteiger partial charge on any atom is 0.224 e. The van der Waals surface area contributed by atoms with E-state index in [1.54, 1.807) is 7.11 Å². The Morgan fingerprint density at radius 2 is 1.95 bits per heavy atom. The second kappa shape index (κ2) is 5.83. The summed E-state index contributed by atoms with van der Waals surface area (Å²) in [7, 11) is 1.65. The first-order chi connectivity index (χ1) is 9.39. The molecule has 1 aromatic rings. The van der Waals surface area contributed by atoms with E-state index in [4.69, 9.17) is 10.5 Å². The van der Waals surface area contributed by atoms with Crippen LogP contribution in [0.4, 0.5) is 0 Å². The Morgan fingerprint density at radius 1 is 1.35 bits per heavy atom. The number of carbonyl (C=O) groups is 1. The standard InChI is InChI=1S/C16H24N2O2/c1-16(2,17)10-15(19)18(13-6-7-13)11-12-4-8-14(20-3)9-5-12/h4-5,8-9,13H,6-7,10-11,17H2,1-3H3. The lowest BCUT2D eigenvalue weighted by atomic mass is 10.0. The van der Waals surface area contributed by atoms with Crippen molar-refractivity contribution in [1.29, 1.82) is 0 Å². The fraction of sp³-hybridized carbons (Fsp3) is 0.562. The molecule has 0 saturated heterocycles. The third-order valence-electron chi connectivity index (χ3n) is 3.43. The molecule has 4 heteroatoms. The topological polar surface area (TPSA) is 55.6 Å². The van der Waals surface area contributed by atoms with Gasteiger partial charge < -0.3 is 15.4 Å². The lowest BCUT2D eigenvalue weighted by Gasteiger charge is -2.27. The molecule has 0 aromatic heterocycles. The van der Waals surface area contributed by atoms with Gasteiger partial charge in [-0.25, -0.2) is 0 Å². The number of hydrogen-bond acceptors (Lipinski definition) is 3. The Morgan fingerprint density at radius 3 is 2.40 bits per heavy atom. The molecule has 0 radical (unpaired) electrons. The Balaban J connectivity index is 2.03. The summed E-state index contributed by atoms with van der Waals surface area (Å²) in [6.07, 6.45) is 2.60. The maximum absolute atomic E-state index is 12.4. The highest BCUT2D eigenvalue weighted by Gasteiger charge is 2.33. The molecule has 0 heterocycles. The van der Waals surface area contributed by atoms with Crippen LogP contribution >= 0.6 is 0 Å². The van der Waals surface area contributed by atoms with Gasteiger partial charge in [0.2, 0.25) is 5.91 Å². The summed E-state index contributed by atoms with van der Waals surface area (Å²) in [5, 5.41) is 0. The van der Waals surface area contributed by atoms with Crippen molar-refractivity contribution in [2.24, 2.45) is 5.73 Å². The number of nitrogens with zero attached hydrogens (tertiary/aromatic N) is 1. The van der Waals surface area contributed by atoms with Crippen LogP contribution < -0.4 is 10.5 Å². The molecule has 20 heavy (non-hydrogen) atoms. The first-order valence-corrected chi connectivity index (χ1v) is 7.10. The van der Waals surface area contributed by atoms with Crippen LogP contribution in [-0.4, -0.2) is 29.5 Å². The van der Waals surface area contributed by atoms with E-state index in [0.717, 1.165) is 24.2 Å². The van der Waals surface area contributed by atoms with Crippen LogP contribution in [0, 0.1) is 0 Å². The molecule has 0 bridgehead atoms. The number of carbonyl (C=O) groups excluding carboxylic acids is 1. The molecule has 0 unspecified atom stereocenters. The molecule has 1 saturated carbocycles. The van der Waals surface area contributed by atoms with E-state index in [0.29, 0.717) is 19.0 Å². The van der Waals surface area contributed by atoms with Crippen molar-refractivity contribution in [3.8, 4) is 5.75 Å². The minimum Gasteiger partial charge on any atom is -0.497 e.